The lowest BCUT2D eigenvalue weighted by atomic mass is 10.1. The van der Waals surface area contributed by atoms with Gasteiger partial charge in [0.15, 0.2) is 0 Å². The Labute approximate surface area is 145 Å². The summed E-state index contributed by atoms with van der Waals surface area (Å²) in [6, 6.07) is 11.9. The van der Waals surface area contributed by atoms with E-state index in [4.69, 9.17) is 0 Å². The Morgan fingerprint density at radius 3 is 2.56 bits per heavy atom. The fourth-order valence-electron chi connectivity index (χ4n) is 2.40. The van der Waals surface area contributed by atoms with Crippen molar-refractivity contribution in [2.75, 3.05) is 19.4 Å². The molecular weight excluding hydrogens is 340 g/mol. The molecule has 0 bridgehead atoms. The van der Waals surface area contributed by atoms with Crippen molar-refractivity contribution in [3.63, 3.8) is 0 Å². The van der Waals surface area contributed by atoms with Crippen LogP contribution in [0.1, 0.15) is 15.9 Å². The zero-order chi connectivity index (χ0) is 18.2. The molecule has 0 aliphatic heterocycles. The largest absolute Gasteiger partial charge is 0.324 e. The summed E-state index contributed by atoms with van der Waals surface area (Å²) < 4.78 is 25.6. The number of hydrogen-bond acceptors (Lipinski definition) is 4. The van der Waals surface area contributed by atoms with Crippen LogP contribution in [0.3, 0.4) is 0 Å². The lowest BCUT2D eigenvalue weighted by Gasteiger charge is -2.13. The number of fused-ring (bicyclic) bond motifs is 1. The van der Waals surface area contributed by atoms with Crippen molar-refractivity contribution < 1.29 is 13.2 Å². The molecule has 1 amide bonds. The number of anilines is 1. The van der Waals surface area contributed by atoms with Gasteiger partial charge in [0, 0.05) is 19.7 Å². The Bertz CT molecular complexity index is 1020. The summed E-state index contributed by atoms with van der Waals surface area (Å²) in [6.07, 6.45) is 0. The highest BCUT2D eigenvalue weighted by Gasteiger charge is 2.20. The number of hydrogen-bond donors (Lipinski definition) is 2. The molecule has 0 radical (unpaired) electrons. The van der Waals surface area contributed by atoms with Crippen LogP contribution in [-0.4, -0.2) is 42.7 Å². The molecule has 130 valence electrons. The molecule has 1 heterocycles. The summed E-state index contributed by atoms with van der Waals surface area (Å²) in [7, 11) is -0.718. The summed E-state index contributed by atoms with van der Waals surface area (Å²) in [4.78, 5) is 20.0. The lowest BCUT2D eigenvalue weighted by Crippen LogP contribution is -2.23. The van der Waals surface area contributed by atoms with Gasteiger partial charge < -0.3 is 4.98 Å². The van der Waals surface area contributed by atoms with Crippen molar-refractivity contribution in [3.8, 4) is 0 Å². The van der Waals surface area contributed by atoms with E-state index < -0.39 is 15.9 Å². The molecule has 8 heteroatoms. The predicted octanol–water partition coefficient (Wildman–Crippen LogP) is 2.37. The first-order valence-electron chi connectivity index (χ1n) is 7.58. The molecule has 0 saturated carbocycles. The molecule has 2 aromatic carbocycles. The van der Waals surface area contributed by atoms with Crippen LogP contribution in [0.2, 0.25) is 0 Å². The number of aromatic nitrogens is 2. The van der Waals surface area contributed by atoms with Crippen LogP contribution in [-0.2, 0) is 10.0 Å². The number of sulfonamides is 1. The van der Waals surface area contributed by atoms with Crippen LogP contribution in [0.15, 0.2) is 47.4 Å². The molecule has 0 spiro atoms. The van der Waals surface area contributed by atoms with Gasteiger partial charge in [0.25, 0.3) is 5.91 Å². The molecule has 0 unspecified atom stereocenters. The predicted molar refractivity (Wildman–Crippen MR) is 96.1 cm³/mol. The average Bonchev–Trinajstić information content (AvgIpc) is 2.96. The minimum atomic E-state index is -3.61. The van der Waals surface area contributed by atoms with E-state index in [1.807, 2.05) is 24.3 Å². The number of imidazole rings is 1. The zero-order valence-electron chi connectivity index (χ0n) is 14.1. The van der Waals surface area contributed by atoms with Crippen molar-refractivity contribution in [3.05, 3.63) is 53.6 Å². The first-order chi connectivity index (χ1) is 11.8. The minimum absolute atomic E-state index is 0.0675. The second-order valence-corrected chi connectivity index (χ2v) is 7.97. The van der Waals surface area contributed by atoms with Gasteiger partial charge >= 0.3 is 0 Å². The monoisotopic (exact) mass is 358 g/mol. The first-order valence-corrected chi connectivity index (χ1v) is 9.02. The minimum Gasteiger partial charge on any atom is -0.324 e. The van der Waals surface area contributed by atoms with E-state index in [-0.39, 0.29) is 10.5 Å². The van der Waals surface area contributed by atoms with E-state index >= 15 is 0 Å². The van der Waals surface area contributed by atoms with E-state index in [0.717, 1.165) is 15.3 Å². The molecule has 2 N–H and O–H groups in total. The number of H-pyrrole nitrogens is 1. The highest BCUT2D eigenvalue weighted by Crippen LogP contribution is 2.20. The van der Waals surface area contributed by atoms with Crippen molar-refractivity contribution >= 4 is 32.9 Å². The number of rotatable bonds is 4. The number of benzene rings is 2. The zero-order valence-corrected chi connectivity index (χ0v) is 14.9. The van der Waals surface area contributed by atoms with Crippen LogP contribution in [0.4, 0.5) is 5.95 Å². The third-order valence-corrected chi connectivity index (χ3v) is 5.66. The normalized spacial score (nSPS) is 11.8. The van der Waals surface area contributed by atoms with Crippen molar-refractivity contribution in [1.82, 2.24) is 14.3 Å². The average molecular weight is 358 g/mol. The quantitative estimate of drug-likeness (QED) is 0.748. The second-order valence-electron chi connectivity index (χ2n) is 5.82. The van der Waals surface area contributed by atoms with Crippen LogP contribution in [0, 0.1) is 6.92 Å². The number of para-hydroxylation sites is 2. The van der Waals surface area contributed by atoms with E-state index in [0.29, 0.717) is 11.5 Å². The van der Waals surface area contributed by atoms with E-state index in [2.05, 4.69) is 15.3 Å². The summed E-state index contributed by atoms with van der Waals surface area (Å²) in [5.74, 6) is -0.112. The van der Waals surface area contributed by atoms with E-state index in [9.17, 15) is 13.2 Å². The van der Waals surface area contributed by atoms with Gasteiger partial charge in [-0.25, -0.2) is 17.7 Å². The van der Waals surface area contributed by atoms with Crippen molar-refractivity contribution in [2.24, 2.45) is 0 Å². The van der Waals surface area contributed by atoms with Crippen molar-refractivity contribution in [2.45, 2.75) is 11.8 Å². The molecule has 0 aliphatic carbocycles. The van der Waals surface area contributed by atoms with Gasteiger partial charge in [-0.1, -0.05) is 18.2 Å². The van der Waals surface area contributed by atoms with Gasteiger partial charge in [-0.15, -0.1) is 0 Å². The van der Waals surface area contributed by atoms with Gasteiger partial charge in [-0.3, -0.25) is 10.1 Å². The Balaban J connectivity index is 1.94. The summed E-state index contributed by atoms with van der Waals surface area (Å²) in [6.45, 7) is 1.75. The van der Waals surface area contributed by atoms with Gasteiger partial charge in [0.1, 0.15) is 0 Å². The molecule has 0 atom stereocenters. The standard InChI is InChI=1S/C17H18N4O3S/c1-11-8-9-12(25(23,24)21(2)3)10-13(11)16(22)20-17-18-14-6-4-5-7-15(14)19-17/h4-10H,1-3H3,(H2,18,19,20,22). The maximum absolute atomic E-state index is 12.6. The maximum atomic E-state index is 12.6. The highest BCUT2D eigenvalue weighted by atomic mass is 32.2. The fourth-order valence-corrected chi connectivity index (χ4v) is 3.33. The smallest absolute Gasteiger partial charge is 0.258 e. The molecule has 3 rings (SSSR count). The summed E-state index contributed by atoms with van der Waals surface area (Å²) in [5.41, 5.74) is 2.49. The third kappa shape index (κ3) is 3.26. The number of nitrogens with zero attached hydrogens (tertiary/aromatic N) is 2. The Kier molecular flexibility index (Phi) is 4.32. The number of aromatic amines is 1. The molecule has 0 fully saturated rings. The SMILES string of the molecule is Cc1ccc(S(=O)(=O)N(C)C)cc1C(=O)Nc1nc2ccccc2[nH]1. The van der Waals surface area contributed by atoms with E-state index in [1.54, 1.807) is 13.0 Å². The van der Waals surface area contributed by atoms with Crippen LogP contribution in [0.5, 0.6) is 0 Å². The Morgan fingerprint density at radius 2 is 1.88 bits per heavy atom. The Morgan fingerprint density at radius 1 is 1.16 bits per heavy atom. The Hall–Kier alpha value is -2.71. The number of nitrogens with one attached hydrogen (secondary N) is 2. The summed E-state index contributed by atoms with van der Waals surface area (Å²) in [5, 5.41) is 2.68. The van der Waals surface area contributed by atoms with Crippen molar-refractivity contribution in [1.29, 1.82) is 0 Å². The van der Waals surface area contributed by atoms with Crippen LogP contribution < -0.4 is 5.32 Å². The number of amides is 1. The fraction of sp³-hybridized carbons (Fsp3) is 0.176. The number of carbonyl (C=O) groups excluding carboxylic acids is 1. The maximum Gasteiger partial charge on any atom is 0.258 e. The molecule has 3 aromatic rings. The molecule has 0 saturated heterocycles. The van der Waals surface area contributed by atoms with Gasteiger partial charge in [-0.05, 0) is 36.8 Å². The van der Waals surface area contributed by atoms with E-state index in [1.165, 1.54) is 26.2 Å². The second kappa shape index (κ2) is 6.30. The molecule has 7 nitrogen and oxygen atoms in total. The number of aryl methyl sites for hydroxylation is 1. The number of carbonyl (C=O) groups is 1. The van der Waals surface area contributed by atoms with Gasteiger partial charge in [0.2, 0.25) is 16.0 Å². The van der Waals surface area contributed by atoms with Gasteiger partial charge in [0.05, 0.1) is 15.9 Å². The summed E-state index contributed by atoms with van der Waals surface area (Å²) >= 11 is 0. The first kappa shape index (κ1) is 17.1. The molecule has 1 aromatic heterocycles. The van der Waals surface area contributed by atoms with Crippen LogP contribution in [0.25, 0.3) is 11.0 Å². The van der Waals surface area contributed by atoms with Crippen LogP contribution >= 0.6 is 0 Å². The highest BCUT2D eigenvalue weighted by molar-refractivity contribution is 7.89. The third-order valence-electron chi connectivity index (χ3n) is 3.85. The molecule has 25 heavy (non-hydrogen) atoms. The topological polar surface area (TPSA) is 95.2 Å². The van der Waals surface area contributed by atoms with Gasteiger partial charge in [-0.2, -0.15) is 0 Å². The lowest BCUT2D eigenvalue weighted by molar-refractivity contribution is 0.102. The molecule has 0 aliphatic rings. The molecular formula is C17H18N4O3S.